The van der Waals surface area contributed by atoms with Gasteiger partial charge in [-0.25, -0.2) is 4.39 Å². The number of rotatable bonds is 5. The molecule has 17 heavy (non-hydrogen) atoms. The van der Waals surface area contributed by atoms with Crippen LogP contribution in [0.2, 0.25) is 0 Å². The van der Waals surface area contributed by atoms with Crippen LogP contribution in [0.1, 0.15) is 24.8 Å². The smallest absolute Gasteiger partial charge is 0.141 e. The maximum atomic E-state index is 12.8. The van der Waals surface area contributed by atoms with Gasteiger partial charge in [0.15, 0.2) is 0 Å². The van der Waals surface area contributed by atoms with Gasteiger partial charge in [0, 0.05) is 12.8 Å². The summed E-state index contributed by atoms with van der Waals surface area (Å²) in [4.78, 5) is 3.79. The summed E-state index contributed by atoms with van der Waals surface area (Å²) < 4.78 is 18.4. The maximum Gasteiger partial charge on any atom is 0.141 e. The van der Waals surface area contributed by atoms with Gasteiger partial charge in [-0.2, -0.15) is 0 Å². The molecule has 0 radical (unpaired) electrons. The molecule has 3 nitrogen and oxygen atoms in total. The van der Waals surface area contributed by atoms with E-state index in [1.54, 1.807) is 6.20 Å². The Morgan fingerprint density at radius 3 is 3.18 bits per heavy atom. The molecule has 1 fully saturated rings. The second-order valence-electron chi connectivity index (χ2n) is 4.57. The van der Waals surface area contributed by atoms with E-state index in [-0.39, 0.29) is 5.82 Å². The van der Waals surface area contributed by atoms with Crippen LogP contribution in [0.15, 0.2) is 18.5 Å². The summed E-state index contributed by atoms with van der Waals surface area (Å²) >= 11 is 0. The Bertz CT molecular complexity index is 340. The minimum absolute atomic E-state index is 0.303. The van der Waals surface area contributed by atoms with Crippen molar-refractivity contribution < 1.29 is 9.13 Å². The highest BCUT2D eigenvalue weighted by Crippen LogP contribution is 2.14. The number of pyridine rings is 1. The molecule has 2 rings (SSSR count). The first kappa shape index (κ1) is 12.5. The zero-order valence-electron chi connectivity index (χ0n) is 9.99. The Morgan fingerprint density at radius 2 is 2.41 bits per heavy atom. The summed E-state index contributed by atoms with van der Waals surface area (Å²) in [7, 11) is 0. The van der Waals surface area contributed by atoms with Gasteiger partial charge in [-0.05, 0) is 49.9 Å². The Balaban J connectivity index is 1.62. The van der Waals surface area contributed by atoms with Crippen molar-refractivity contribution in [1.82, 2.24) is 10.3 Å². The van der Waals surface area contributed by atoms with Gasteiger partial charge in [0.2, 0.25) is 0 Å². The summed E-state index contributed by atoms with van der Waals surface area (Å²) in [6.45, 7) is 3.44. The minimum atomic E-state index is -0.303. The van der Waals surface area contributed by atoms with Gasteiger partial charge in [-0.15, -0.1) is 0 Å². The van der Waals surface area contributed by atoms with Gasteiger partial charge in [-0.1, -0.05) is 0 Å². The standard InChI is InChI=1S/C13H19FN2O/c14-13-6-12(8-16-9-13)10-17-5-3-11-2-1-4-15-7-11/h6,8-9,11,15H,1-5,7,10H2. The number of piperidine rings is 1. The normalized spacial score (nSPS) is 20.4. The molecule has 0 saturated carbocycles. The molecule has 4 heteroatoms. The highest BCUT2D eigenvalue weighted by molar-refractivity contribution is 5.08. The third-order valence-corrected chi connectivity index (χ3v) is 3.10. The van der Waals surface area contributed by atoms with Gasteiger partial charge in [0.05, 0.1) is 12.8 Å². The van der Waals surface area contributed by atoms with Crippen LogP contribution in [-0.2, 0) is 11.3 Å². The average molecular weight is 238 g/mol. The number of nitrogens with zero attached hydrogens (tertiary/aromatic N) is 1. The lowest BCUT2D eigenvalue weighted by Crippen LogP contribution is -2.30. The number of aromatic nitrogens is 1. The zero-order chi connectivity index (χ0) is 11.9. The van der Waals surface area contributed by atoms with Crippen LogP contribution in [0.5, 0.6) is 0 Å². The topological polar surface area (TPSA) is 34.1 Å². The molecule has 0 amide bonds. The molecule has 0 bridgehead atoms. The number of ether oxygens (including phenoxy) is 1. The Labute approximate surface area is 101 Å². The van der Waals surface area contributed by atoms with Crippen molar-refractivity contribution in [2.45, 2.75) is 25.9 Å². The van der Waals surface area contributed by atoms with E-state index < -0.39 is 0 Å². The van der Waals surface area contributed by atoms with Gasteiger partial charge >= 0.3 is 0 Å². The molecule has 1 unspecified atom stereocenters. The van der Waals surface area contributed by atoms with Gasteiger partial charge in [0.25, 0.3) is 0 Å². The first-order chi connectivity index (χ1) is 8.34. The molecule has 0 aromatic carbocycles. The van der Waals surface area contributed by atoms with Crippen LogP contribution in [-0.4, -0.2) is 24.7 Å². The number of hydrogen-bond acceptors (Lipinski definition) is 3. The lowest BCUT2D eigenvalue weighted by Gasteiger charge is -2.22. The summed E-state index contributed by atoms with van der Waals surface area (Å²) in [5.41, 5.74) is 0.798. The molecule has 1 aromatic rings. The highest BCUT2D eigenvalue weighted by atomic mass is 19.1. The molecule has 1 N–H and O–H groups in total. The Hall–Kier alpha value is -1.00. The molecule has 0 aliphatic carbocycles. The lowest BCUT2D eigenvalue weighted by molar-refractivity contribution is 0.103. The predicted molar refractivity (Wildman–Crippen MR) is 64.1 cm³/mol. The van der Waals surface area contributed by atoms with Crippen molar-refractivity contribution in [1.29, 1.82) is 0 Å². The molecule has 0 spiro atoms. The fraction of sp³-hybridized carbons (Fsp3) is 0.615. The summed E-state index contributed by atoms with van der Waals surface area (Å²) in [6.07, 6.45) is 6.48. The molecule has 2 heterocycles. The summed E-state index contributed by atoms with van der Waals surface area (Å²) in [5.74, 6) is 0.428. The van der Waals surface area contributed by atoms with Gasteiger partial charge < -0.3 is 10.1 Å². The third kappa shape index (κ3) is 4.40. The van der Waals surface area contributed by atoms with Crippen molar-refractivity contribution in [2.75, 3.05) is 19.7 Å². The Kier molecular flexibility index (Phi) is 4.88. The average Bonchev–Trinajstić information content (AvgIpc) is 2.36. The maximum absolute atomic E-state index is 12.8. The second-order valence-corrected chi connectivity index (χ2v) is 4.57. The number of nitrogens with one attached hydrogen (secondary N) is 1. The van der Waals surface area contributed by atoms with Crippen molar-refractivity contribution in [3.8, 4) is 0 Å². The summed E-state index contributed by atoms with van der Waals surface area (Å²) in [6, 6.07) is 1.47. The Morgan fingerprint density at radius 1 is 1.47 bits per heavy atom. The quantitative estimate of drug-likeness (QED) is 0.798. The highest BCUT2D eigenvalue weighted by Gasteiger charge is 2.12. The molecule has 1 aliphatic rings. The van der Waals surface area contributed by atoms with Crippen LogP contribution in [0.25, 0.3) is 0 Å². The van der Waals surface area contributed by atoms with Crippen molar-refractivity contribution in [3.63, 3.8) is 0 Å². The molecule has 1 aliphatic heterocycles. The van der Waals surface area contributed by atoms with Crippen molar-refractivity contribution in [2.24, 2.45) is 5.92 Å². The number of hydrogen-bond donors (Lipinski definition) is 1. The number of halogens is 1. The van der Waals surface area contributed by atoms with E-state index in [1.807, 2.05) is 0 Å². The molecule has 1 aromatic heterocycles. The van der Waals surface area contributed by atoms with E-state index in [2.05, 4.69) is 10.3 Å². The fourth-order valence-corrected chi connectivity index (χ4v) is 2.15. The summed E-state index contributed by atoms with van der Waals surface area (Å²) in [5, 5.41) is 3.39. The second kappa shape index (κ2) is 6.67. The van der Waals surface area contributed by atoms with Gasteiger partial charge in [-0.3, -0.25) is 4.98 Å². The minimum Gasteiger partial charge on any atom is -0.377 e. The monoisotopic (exact) mass is 238 g/mol. The van der Waals surface area contributed by atoms with Crippen LogP contribution >= 0.6 is 0 Å². The van der Waals surface area contributed by atoms with E-state index in [4.69, 9.17) is 4.74 Å². The van der Waals surface area contributed by atoms with Crippen LogP contribution < -0.4 is 5.32 Å². The van der Waals surface area contributed by atoms with E-state index in [1.165, 1.54) is 25.1 Å². The molecule has 1 saturated heterocycles. The van der Waals surface area contributed by atoms with Crippen LogP contribution in [0.4, 0.5) is 4.39 Å². The van der Waals surface area contributed by atoms with Crippen LogP contribution in [0, 0.1) is 11.7 Å². The van der Waals surface area contributed by atoms with E-state index in [0.29, 0.717) is 6.61 Å². The molecule has 94 valence electrons. The SMILES string of the molecule is Fc1cncc(COCCC2CCCNC2)c1. The van der Waals surface area contributed by atoms with Crippen LogP contribution in [0.3, 0.4) is 0 Å². The predicted octanol–water partition coefficient (Wildman–Crippen LogP) is 2.13. The van der Waals surface area contributed by atoms with E-state index in [9.17, 15) is 4.39 Å². The lowest BCUT2D eigenvalue weighted by atomic mass is 9.97. The first-order valence-electron chi connectivity index (χ1n) is 6.22. The van der Waals surface area contributed by atoms with Crippen molar-refractivity contribution >= 4 is 0 Å². The molecular weight excluding hydrogens is 219 g/mol. The van der Waals surface area contributed by atoms with Crippen molar-refractivity contribution in [3.05, 3.63) is 29.8 Å². The van der Waals surface area contributed by atoms with E-state index >= 15 is 0 Å². The zero-order valence-corrected chi connectivity index (χ0v) is 9.99. The molecule has 1 atom stereocenters. The fourth-order valence-electron chi connectivity index (χ4n) is 2.15. The first-order valence-corrected chi connectivity index (χ1v) is 6.22. The third-order valence-electron chi connectivity index (χ3n) is 3.10. The largest absolute Gasteiger partial charge is 0.377 e. The molecular formula is C13H19FN2O. The van der Waals surface area contributed by atoms with Gasteiger partial charge in [0.1, 0.15) is 5.82 Å². The van der Waals surface area contributed by atoms with E-state index in [0.717, 1.165) is 37.6 Å².